The highest BCUT2D eigenvalue weighted by atomic mass is 31.2. The van der Waals surface area contributed by atoms with E-state index in [0.29, 0.717) is 0 Å². The number of nitriles is 1. The van der Waals surface area contributed by atoms with E-state index in [-0.39, 0.29) is 50.8 Å². The van der Waals surface area contributed by atoms with E-state index in [9.17, 15) is 9.36 Å². The van der Waals surface area contributed by atoms with Gasteiger partial charge in [-0.2, -0.15) is 5.26 Å². The monoisotopic (exact) mass is 521 g/mol. The van der Waals surface area contributed by atoms with E-state index < -0.39 is 28.2 Å². The molecule has 0 aromatic heterocycles. The molecule has 0 fully saturated rings. The molecule has 0 bridgehead atoms. The van der Waals surface area contributed by atoms with E-state index in [1.54, 1.807) is 0 Å². The van der Waals surface area contributed by atoms with Crippen molar-refractivity contribution >= 4 is 29.9 Å². The summed E-state index contributed by atoms with van der Waals surface area (Å²) in [5.41, 5.74) is 0. The van der Waals surface area contributed by atoms with Crippen molar-refractivity contribution in [1.82, 2.24) is 9.99 Å². The Hall–Kier alpha value is -0.855. The van der Waals surface area contributed by atoms with Crippen molar-refractivity contribution in [2.75, 3.05) is 47.7 Å². The fourth-order valence-electron chi connectivity index (χ4n) is 2.59. The minimum atomic E-state index is -3.45. The van der Waals surface area contributed by atoms with Gasteiger partial charge in [-0.05, 0) is 33.8 Å². The van der Waals surface area contributed by atoms with Gasteiger partial charge in [-0.3, -0.25) is 9.36 Å². The van der Waals surface area contributed by atoms with E-state index >= 15 is 0 Å². The van der Waals surface area contributed by atoms with Gasteiger partial charge in [0.2, 0.25) is 5.91 Å². The van der Waals surface area contributed by atoms with Gasteiger partial charge in [0.15, 0.2) is 0 Å². The Balaban J connectivity index is 5.46. The molecule has 11 nitrogen and oxygen atoms in total. The van der Waals surface area contributed by atoms with Gasteiger partial charge in [0.1, 0.15) is 14.5 Å². The summed E-state index contributed by atoms with van der Waals surface area (Å²) >= 11 is 0. The van der Waals surface area contributed by atoms with Gasteiger partial charge in [-0.1, -0.05) is 0 Å². The third-order valence-electron chi connectivity index (χ3n) is 4.15. The second kappa shape index (κ2) is 18.4. The van der Waals surface area contributed by atoms with Gasteiger partial charge in [0, 0.05) is 45.2 Å². The van der Waals surface area contributed by atoms with Crippen molar-refractivity contribution in [2.45, 2.75) is 58.3 Å². The lowest BCUT2D eigenvalue weighted by Crippen LogP contribution is -2.35. The average Bonchev–Trinajstić information content (AvgIpc) is 2.79. The SMILES string of the molecule is [B][C@@H](COCC(=O)NC)O[C@H](/C=C/P(=O)(OC)OC)COP(OCCC#N)N(C(C)C)C(C)C. The maximum Gasteiger partial charge on any atom is 0.353 e. The van der Waals surface area contributed by atoms with E-state index in [4.69, 9.17) is 40.7 Å². The first kappa shape index (κ1) is 33.1. The minimum Gasteiger partial charge on any atom is -0.376 e. The molecule has 1 amide bonds. The molecule has 0 rings (SSSR count). The lowest BCUT2D eigenvalue weighted by Gasteiger charge is -2.36. The molecule has 14 heteroatoms. The Morgan fingerprint density at radius 1 is 1.18 bits per heavy atom. The Kier molecular flexibility index (Phi) is 18.0. The first-order valence-electron chi connectivity index (χ1n) is 10.8. The first-order chi connectivity index (χ1) is 16.0. The van der Waals surface area contributed by atoms with Crippen LogP contribution in [0.2, 0.25) is 0 Å². The van der Waals surface area contributed by atoms with Crippen LogP contribution in [0.5, 0.6) is 0 Å². The van der Waals surface area contributed by atoms with Crippen LogP contribution in [0.1, 0.15) is 34.1 Å². The van der Waals surface area contributed by atoms with Gasteiger partial charge in [0.25, 0.3) is 8.53 Å². The number of hydrogen-bond donors (Lipinski definition) is 1. The van der Waals surface area contributed by atoms with E-state index in [1.807, 2.05) is 27.7 Å². The number of nitrogens with one attached hydrogen (secondary N) is 1. The number of nitrogens with zero attached hydrogens (tertiary/aromatic N) is 2. The molecule has 34 heavy (non-hydrogen) atoms. The first-order valence-corrected chi connectivity index (χ1v) is 13.6. The van der Waals surface area contributed by atoms with Gasteiger partial charge < -0.3 is 32.9 Å². The molecule has 0 spiro atoms. The van der Waals surface area contributed by atoms with E-state index in [0.717, 1.165) is 0 Å². The molecule has 0 aliphatic rings. The topological polar surface area (TPSA) is 129 Å². The summed E-state index contributed by atoms with van der Waals surface area (Å²) in [6.45, 7) is 8.09. The standard InChI is InChI=1S/C20H38BN3O8P2/c1-16(2)24(17(3)4)33(30-11-8-10-22)31-13-18(9-12-34(26,27-6)28-7)32-19(21)14-29-15-20(25)23-5/h9,12,16-19H,8,11,13-15H2,1-7H3,(H,23,25)/b12-9+/t18-,19-,33?/m1/s1. The molecule has 0 aromatic rings. The summed E-state index contributed by atoms with van der Waals surface area (Å²) in [5.74, 6) is 0.969. The second-order valence-corrected chi connectivity index (χ2v) is 11.1. The molecule has 0 heterocycles. The van der Waals surface area contributed by atoms with Gasteiger partial charge in [0.05, 0.1) is 38.4 Å². The summed E-state index contributed by atoms with van der Waals surface area (Å²) in [5, 5.41) is 11.3. The number of ether oxygens (including phenoxy) is 2. The quantitative estimate of drug-likeness (QED) is 0.154. The molecule has 1 N–H and O–H groups in total. The fourth-order valence-corrected chi connectivity index (χ4v) is 5.00. The number of amides is 1. The second-order valence-electron chi connectivity index (χ2n) is 7.49. The van der Waals surface area contributed by atoms with Crippen LogP contribution < -0.4 is 5.32 Å². The Morgan fingerprint density at radius 2 is 1.79 bits per heavy atom. The zero-order valence-electron chi connectivity index (χ0n) is 21.1. The fraction of sp³-hybridized carbons (Fsp3) is 0.800. The lowest BCUT2D eigenvalue weighted by atomic mass is 10.0. The van der Waals surface area contributed by atoms with Crippen LogP contribution in [0, 0.1) is 11.3 Å². The van der Waals surface area contributed by atoms with Crippen LogP contribution in [0.3, 0.4) is 0 Å². The average molecular weight is 521 g/mol. The Bertz CT molecular complexity index is 677. The maximum atomic E-state index is 12.4. The predicted octanol–water partition coefficient (Wildman–Crippen LogP) is 2.92. The number of carbonyl (C=O) groups is 1. The molecule has 0 aliphatic carbocycles. The number of rotatable bonds is 19. The van der Waals surface area contributed by atoms with Crippen LogP contribution in [0.25, 0.3) is 0 Å². The largest absolute Gasteiger partial charge is 0.376 e. The Morgan fingerprint density at radius 3 is 2.29 bits per heavy atom. The highest BCUT2D eigenvalue weighted by molar-refractivity contribution is 7.57. The minimum absolute atomic E-state index is 0.00126. The summed E-state index contributed by atoms with van der Waals surface area (Å²) in [6.07, 6.45) is 0.942. The number of likely N-dealkylation sites (N-methyl/N-ethyl adjacent to an activating group) is 1. The van der Waals surface area contributed by atoms with Crippen molar-refractivity contribution in [2.24, 2.45) is 0 Å². The molecule has 194 valence electrons. The van der Waals surface area contributed by atoms with Crippen molar-refractivity contribution < 1.29 is 36.9 Å². The third kappa shape index (κ3) is 13.9. The van der Waals surface area contributed by atoms with Crippen LogP contribution >= 0.6 is 16.1 Å². The highest BCUT2D eigenvalue weighted by Gasteiger charge is 2.28. The summed E-state index contributed by atoms with van der Waals surface area (Å²) in [7, 11) is 5.05. The highest BCUT2D eigenvalue weighted by Crippen LogP contribution is 2.49. The van der Waals surface area contributed by atoms with E-state index in [2.05, 4.69) is 16.1 Å². The van der Waals surface area contributed by atoms with Crippen LogP contribution in [-0.2, 0) is 36.9 Å². The molecule has 1 unspecified atom stereocenters. The zero-order valence-corrected chi connectivity index (χ0v) is 22.9. The zero-order chi connectivity index (χ0) is 26.1. The molecule has 0 aromatic carbocycles. The Labute approximate surface area is 206 Å². The predicted molar refractivity (Wildman–Crippen MR) is 131 cm³/mol. The lowest BCUT2D eigenvalue weighted by molar-refractivity contribution is -0.126. The molecule has 3 atom stereocenters. The molecule has 0 saturated heterocycles. The molecular formula is C20H38BN3O8P2. The van der Waals surface area contributed by atoms with E-state index in [1.165, 1.54) is 33.2 Å². The summed E-state index contributed by atoms with van der Waals surface area (Å²) < 4.78 is 47.3. The molecule has 0 saturated carbocycles. The van der Waals surface area contributed by atoms with Gasteiger partial charge in [-0.15, -0.1) is 0 Å². The normalized spacial score (nSPS) is 15.1. The number of carbonyl (C=O) groups excluding carboxylic acids is 1. The van der Waals surface area contributed by atoms with Crippen molar-refractivity contribution in [3.63, 3.8) is 0 Å². The van der Waals surface area contributed by atoms with Gasteiger partial charge >= 0.3 is 7.60 Å². The van der Waals surface area contributed by atoms with Crippen LogP contribution in [0.4, 0.5) is 0 Å². The summed E-state index contributed by atoms with van der Waals surface area (Å²) in [6, 6.07) is 1.38. The molecule has 2 radical (unpaired) electrons. The van der Waals surface area contributed by atoms with Crippen molar-refractivity contribution in [1.29, 1.82) is 5.26 Å². The van der Waals surface area contributed by atoms with Crippen molar-refractivity contribution in [3.8, 4) is 6.07 Å². The summed E-state index contributed by atoms with van der Waals surface area (Å²) in [4.78, 5) is 11.3. The molecule has 0 aliphatic heterocycles. The van der Waals surface area contributed by atoms with Crippen LogP contribution in [-0.4, -0.2) is 90.3 Å². The smallest absolute Gasteiger partial charge is 0.353 e. The van der Waals surface area contributed by atoms with Gasteiger partial charge in [-0.25, -0.2) is 4.67 Å². The van der Waals surface area contributed by atoms with Crippen LogP contribution in [0.15, 0.2) is 11.9 Å². The number of hydrogen-bond acceptors (Lipinski definition) is 10. The van der Waals surface area contributed by atoms with Crippen molar-refractivity contribution in [3.05, 3.63) is 11.9 Å². The third-order valence-corrected chi connectivity index (χ3v) is 7.78. The molecular weight excluding hydrogens is 483 g/mol. The maximum absolute atomic E-state index is 12.4.